The molecule has 0 amide bonds. The number of ketones is 1. The summed E-state index contributed by atoms with van der Waals surface area (Å²) in [5.41, 5.74) is 4.41. The number of carbonyl (C=O) groups is 1. The van der Waals surface area contributed by atoms with Crippen LogP contribution in [0.25, 0.3) is 6.08 Å². The van der Waals surface area contributed by atoms with E-state index in [2.05, 4.69) is 62.0 Å². The molecule has 1 atom stereocenters. The van der Waals surface area contributed by atoms with Crippen LogP contribution in [0.15, 0.2) is 114 Å². The Kier molecular flexibility index (Phi) is 9.02. The highest BCUT2D eigenvalue weighted by atomic mass is 32.2. The van der Waals surface area contributed by atoms with Crippen LogP contribution in [-0.2, 0) is 15.3 Å². The lowest BCUT2D eigenvalue weighted by molar-refractivity contribution is 0.103. The quantitative estimate of drug-likeness (QED) is 0.169. The zero-order valence-corrected chi connectivity index (χ0v) is 25.2. The normalized spacial score (nSPS) is 13.7. The lowest BCUT2D eigenvalue weighted by atomic mass is 9.71. The van der Waals surface area contributed by atoms with Gasteiger partial charge in [-0.2, -0.15) is 0 Å². The first-order chi connectivity index (χ1) is 20.0. The molecule has 0 spiro atoms. The molecule has 4 aromatic carbocycles. The van der Waals surface area contributed by atoms with E-state index in [0.29, 0.717) is 16.7 Å². The molecule has 5 rings (SSSR count). The first-order valence-electron chi connectivity index (χ1n) is 13.2. The minimum absolute atomic E-state index is 0. The molecule has 0 heterocycles. The van der Waals surface area contributed by atoms with E-state index in [1.807, 2.05) is 24.3 Å². The molecule has 0 fully saturated rings. The van der Waals surface area contributed by atoms with Crippen molar-refractivity contribution in [2.24, 2.45) is 0 Å². The number of ether oxygens (including phenoxy) is 3. The molecular weight excluding hydrogens is 548 g/mol. The predicted octanol–water partition coefficient (Wildman–Crippen LogP) is 7.17. The van der Waals surface area contributed by atoms with Crippen molar-refractivity contribution in [3.63, 3.8) is 0 Å². The lowest BCUT2D eigenvalue weighted by Crippen LogP contribution is -2.25. The Bertz CT molecular complexity index is 1750. The van der Waals surface area contributed by atoms with Crippen molar-refractivity contribution in [2.75, 3.05) is 27.6 Å². The van der Waals surface area contributed by atoms with Gasteiger partial charge in [0.1, 0.15) is 5.75 Å². The molecule has 1 unspecified atom stereocenters. The summed E-state index contributed by atoms with van der Waals surface area (Å²) in [4.78, 5) is 11.9. The van der Waals surface area contributed by atoms with Crippen LogP contribution in [0.5, 0.6) is 17.2 Å². The van der Waals surface area contributed by atoms with Crippen LogP contribution < -0.4 is 14.2 Å². The van der Waals surface area contributed by atoms with Gasteiger partial charge in [0.2, 0.25) is 0 Å². The summed E-state index contributed by atoms with van der Waals surface area (Å²) < 4.78 is 39.3. The van der Waals surface area contributed by atoms with Gasteiger partial charge in [-0.15, -0.1) is 0 Å². The van der Waals surface area contributed by atoms with Gasteiger partial charge < -0.3 is 14.2 Å². The molecule has 0 saturated heterocycles. The second-order valence-corrected chi connectivity index (χ2v) is 12.0. The van der Waals surface area contributed by atoms with Crippen molar-refractivity contribution >= 4 is 21.7 Å². The minimum atomic E-state index is -3.32. The van der Waals surface area contributed by atoms with E-state index in [1.54, 1.807) is 45.6 Å². The molecule has 42 heavy (non-hydrogen) atoms. The molecule has 0 aliphatic heterocycles. The Labute approximate surface area is 249 Å². The number of benzene rings is 4. The first kappa shape index (κ1) is 30.3. The fourth-order valence-electron chi connectivity index (χ4n) is 5.01. The first-order valence-corrected chi connectivity index (χ1v) is 15.1. The predicted molar refractivity (Wildman–Crippen MR) is 169 cm³/mol. The van der Waals surface area contributed by atoms with Crippen molar-refractivity contribution in [1.82, 2.24) is 0 Å². The Morgan fingerprint density at radius 1 is 0.714 bits per heavy atom. The van der Waals surface area contributed by atoms with E-state index < -0.39 is 9.84 Å². The fraction of sp³-hybridized carbons (Fsp3) is 0.171. The van der Waals surface area contributed by atoms with Gasteiger partial charge in [-0.25, -0.2) is 8.42 Å². The third kappa shape index (κ3) is 6.02. The monoisotopic (exact) mass is 584 g/mol. The van der Waals surface area contributed by atoms with Crippen molar-refractivity contribution in [3.05, 3.63) is 137 Å². The van der Waals surface area contributed by atoms with Gasteiger partial charge in [0.15, 0.2) is 27.1 Å². The van der Waals surface area contributed by atoms with Crippen LogP contribution in [-0.4, -0.2) is 41.8 Å². The second kappa shape index (κ2) is 12.5. The highest BCUT2D eigenvalue weighted by molar-refractivity contribution is 7.90. The van der Waals surface area contributed by atoms with Gasteiger partial charge in [0.05, 0.1) is 26.2 Å². The SMILES string of the molecule is C=C1C=Cc2c(cccc2S(C)(=O)=O)C1=O.COc1ccc(C(C)(c2ccccc2)c2ccc(OC)c(OC)c2)cc1.[HH]. The van der Waals surface area contributed by atoms with E-state index in [9.17, 15) is 13.2 Å². The average molecular weight is 585 g/mol. The van der Waals surface area contributed by atoms with Crippen LogP contribution in [0.3, 0.4) is 0 Å². The number of fused-ring (bicyclic) bond motifs is 1. The summed E-state index contributed by atoms with van der Waals surface area (Å²) in [7, 11) is 1.67. The van der Waals surface area contributed by atoms with Crippen LogP contribution >= 0.6 is 0 Å². The minimum Gasteiger partial charge on any atom is -0.497 e. The summed E-state index contributed by atoms with van der Waals surface area (Å²) in [6.45, 7) is 5.83. The largest absolute Gasteiger partial charge is 0.497 e. The molecule has 0 saturated carbocycles. The fourth-order valence-corrected chi connectivity index (χ4v) is 5.92. The molecule has 0 radical (unpaired) electrons. The molecule has 218 valence electrons. The molecule has 6 nitrogen and oxygen atoms in total. The number of rotatable bonds is 7. The zero-order valence-electron chi connectivity index (χ0n) is 24.4. The van der Waals surface area contributed by atoms with Gasteiger partial charge in [0, 0.05) is 29.8 Å². The van der Waals surface area contributed by atoms with E-state index in [4.69, 9.17) is 14.2 Å². The standard InChI is InChI=1S/C23H24O3.C12H10O3S.H2/c1-23(17-8-6-5-7-9-17,18-10-13-20(24-2)14-11-18)19-12-15-21(25-3)22(16-19)26-4;1-8-6-7-9-10(12(8)13)4-3-5-11(9)16(2,14)15;/h5-16H,1-4H3;3-7H,1H2,2H3;1H. The maximum absolute atomic E-state index is 11.8. The maximum Gasteiger partial charge on any atom is 0.193 e. The summed E-state index contributed by atoms with van der Waals surface area (Å²) in [5, 5.41) is 0. The van der Waals surface area contributed by atoms with Crippen LogP contribution in [0.1, 0.15) is 41.0 Å². The molecule has 7 heteroatoms. The number of methoxy groups -OCH3 is 3. The second-order valence-electron chi connectivity index (χ2n) is 9.97. The van der Waals surface area contributed by atoms with E-state index >= 15 is 0 Å². The van der Waals surface area contributed by atoms with Crippen molar-refractivity contribution in [2.45, 2.75) is 17.2 Å². The van der Waals surface area contributed by atoms with E-state index in [1.165, 1.54) is 17.2 Å². The summed E-state index contributed by atoms with van der Waals surface area (Å²) >= 11 is 0. The Morgan fingerprint density at radius 2 is 1.33 bits per heavy atom. The van der Waals surface area contributed by atoms with Crippen molar-refractivity contribution < 1.29 is 28.8 Å². The van der Waals surface area contributed by atoms with Gasteiger partial charge in [-0.05, 0) is 53.9 Å². The molecule has 1 aliphatic carbocycles. The third-order valence-electron chi connectivity index (χ3n) is 7.43. The van der Waals surface area contributed by atoms with Crippen LogP contribution in [0.4, 0.5) is 0 Å². The number of sulfone groups is 1. The van der Waals surface area contributed by atoms with Crippen molar-refractivity contribution in [1.29, 1.82) is 0 Å². The number of hydrogen-bond donors (Lipinski definition) is 0. The zero-order chi connectivity index (χ0) is 30.5. The van der Waals surface area contributed by atoms with E-state index in [-0.39, 0.29) is 17.5 Å². The summed E-state index contributed by atoms with van der Waals surface area (Å²) in [6.07, 6.45) is 4.29. The molecule has 4 aromatic rings. The van der Waals surface area contributed by atoms with Gasteiger partial charge in [-0.3, -0.25) is 4.79 Å². The molecular formula is C35H36O6S. The Hall–Kier alpha value is -4.62. The maximum atomic E-state index is 11.8. The van der Waals surface area contributed by atoms with Gasteiger partial charge in [-0.1, -0.05) is 79.4 Å². The third-order valence-corrected chi connectivity index (χ3v) is 8.59. The average Bonchev–Trinajstić information content (AvgIpc) is 3.02. The van der Waals surface area contributed by atoms with Gasteiger partial charge in [0.25, 0.3) is 0 Å². The van der Waals surface area contributed by atoms with Crippen LogP contribution in [0, 0.1) is 0 Å². The van der Waals surface area contributed by atoms with Gasteiger partial charge >= 0.3 is 0 Å². The van der Waals surface area contributed by atoms with E-state index in [0.717, 1.165) is 29.1 Å². The number of Topliss-reactive ketones (excluding diaryl/α,β-unsaturated/α-hetero) is 1. The smallest absolute Gasteiger partial charge is 0.193 e. The Balaban J connectivity index is 0.000000256. The molecule has 0 aromatic heterocycles. The highest BCUT2D eigenvalue weighted by Crippen LogP contribution is 2.42. The lowest BCUT2D eigenvalue weighted by Gasteiger charge is -2.32. The summed E-state index contributed by atoms with van der Waals surface area (Å²) in [6, 6.07) is 29.5. The number of hydrogen-bond acceptors (Lipinski definition) is 6. The Morgan fingerprint density at radius 3 is 1.93 bits per heavy atom. The van der Waals surface area contributed by atoms with Crippen molar-refractivity contribution in [3.8, 4) is 17.2 Å². The number of carbonyl (C=O) groups excluding carboxylic acids is 1. The highest BCUT2D eigenvalue weighted by Gasteiger charge is 2.32. The van der Waals surface area contributed by atoms with Crippen LogP contribution in [0.2, 0.25) is 0 Å². The molecule has 0 bridgehead atoms. The molecule has 0 N–H and O–H groups in total. The summed E-state index contributed by atoms with van der Waals surface area (Å²) in [5.74, 6) is 2.07. The number of allylic oxidation sites excluding steroid dienone is 2. The topological polar surface area (TPSA) is 78.9 Å². The molecule has 1 aliphatic rings.